The third-order valence-electron chi connectivity index (χ3n) is 5.84. The molecule has 0 fully saturated rings. The van der Waals surface area contributed by atoms with E-state index < -0.39 is 0 Å². The average molecular weight is 420 g/mol. The van der Waals surface area contributed by atoms with Crippen molar-refractivity contribution in [1.29, 1.82) is 0 Å². The molecule has 0 spiro atoms. The van der Waals surface area contributed by atoms with Gasteiger partial charge in [-0.1, -0.05) is 78.9 Å². The van der Waals surface area contributed by atoms with Crippen molar-refractivity contribution in [2.45, 2.75) is 19.1 Å². The summed E-state index contributed by atoms with van der Waals surface area (Å²) in [7, 11) is 0. The molecule has 0 radical (unpaired) electrons. The monoisotopic (exact) mass is 419 g/mol. The van der Waals surface area contributed by atoms with E-state index in [-0.39, 0.29) is 12.6 Å². The summed E-state index contributed by atoms with van der Waals surface area (Å²) < 4.78 is 0. The van der Waals surface area contributed by atoms with Gasteiger partial charge < -0.3 is 5.11 Å². The van der Waals surface area contributed by atoms with Crippen molar-refractivity contribution in [3.8, 4) is 0 Å². The lowest BCUT2D eigenvalue weighted by atomic mass is 10.0. The summed E-state index contributed by atoms with van der Waals surface area (Å²) in [4.78, 5) is 12.0. The normalized spacial score (nSPS) is 12.4. The molecular weight excluding hydrogens is 394 g/mol. The van der Waals surface area contributed by atoms with Gasteiger partial charge in [-0.25, -0.2) is 0 Å². The zero-order chi connectivity index (χ0) is 21.8. The van der Waals surface area contributed by atoms with Gasteiger partial charge in [0.25, 0.3) is 0 Å². The van der Waals surface area contributed by atoms with E-state index in [4.69, 9.17) is 9.97 Å². The zero-order valence-electron chi connectivity index (χ0n) is 17.8. The van der Waals surface area contributed by atoms with Crippen molar-refractivity contribution in [3.05, 3.63) is 120 Å². The number of para-hydroxylation sites is 2. The van der Waals surface area contributed by atoms with Crippen LogP contribution in [-0.2, 0) is 13.1 Å². The molecule has 2 heterocycles. The largest absolute Gasteiger partial charge is 0.394 e. The Hall–Kier alpha value is -3.60. The minimum Gasteiger partial charge on any atom is -0.394 e. The molecule has 0 amide bonds. The summed E-state index contributed by atoms with van der Waals surface area (Å²) in [6, 6.07) is 34.7. The first-order valence-electron chi connectivity index (χ1n) is 10.9. The van der Waals surface area contributed by atoms with E-state index in [1.165, 1.54) is 0 Å². The molecule has 0 bridgehead atoms. The standard InChI is InChI=1S/C28H25N3O/c32-20-28(23-10-2-1-3-11-23)31(18-24-16-14-21-8-4-6-12-26(21)29-24)19-25-17-15-22-9-5-7-13-27(22)30-25/h1-17,28,32H,18-20H2/t28-/m1/s1. The van der Waals surface area contributed by atoms with E-state index in [1.54, 1.807) is 0 Å². The summed E-state index contributed by atoms with van der Waals surface area (Å²) in [5.41, 5.74) is 4.98. The highest BCUT2D eigenvalue weighted by molar-refractivity contribution is 5.79. The van der Waals surface area contributed by atoms with Gasteiger partial charge in [0.2, 0.25) is 0 Å². The maximum absolute atomic E-state index is 10.4. The van der Waals surface area contributed by atoms with Gasteiger partial charge in [0.05, 0.1) is 35.1 Å². The van der Waals surface area contributed by atoms with Crippen molar-refractivity contribution < 1.29 is 5.11 Å². The quantitative estimate of drug-likeness (QED) is 0.377. The number of nitrogens with zero attached hydrogens (tertiary/aromatic N) is 3. The lowest BCUT2D eigenvalue weighted by Crippen LogP contribution is -2.31. The number of aliphatic hydroxyl groups is 1. The fourth-order valence-corrected chi connectivity index (χ4v) is 4.19. The average Bonchev–Trinajstić information content (AvgIpc) is 2.85. The van der Waals surface area contributed by atoms with Crippen LogP contribution in [0.25, 0.3) is 21.8 Å². The van der Waals surface area contributed by atoms with Crippen LogP contribution in [0.2, 0.25) is 0 Å². The topological polar surface area (TPSA) is 49.2 Å². The lowest BCUT2D eigenvalue weighted by molar-refractivity contribution is 0.108. The second-order valence-corrected chi connectivity index (χ2v) is 8.00. The molecule has 32 heavy (non-hydrogen) atoms. The zero-order valence-corrected chi connectivity index (χ0v) is 17.8. The molecule has 2 aromatic heterocycles. The summed E-state index contributed by atoms with van der Waals surface area (Å²) >= 11 is 0. The van der Waals surface area contributed by atoms with E-state index in [9.17, 15) is 5.11 Å². The van der Waals surface area contributed by atoms with Crippen LogP contribution >= 0.6 is 0 Å². The molecule has 0 aliphatic carbocycles. The fraction of sp³-hybridized carbons (Fsp3) is 0.143. The molecule has 158 valence electrons. The Labute approximate surface area is 187 Å². The predicted molar refractivity (Wildman–Crippen MR) is 129 cm³/mol. The van der Waals surface area contributed by atoms with Crippen LogP contribution in [-0.4, -0.2) is 26.6 Å². The van der Waals surface area contributed by atoms with E-state index >= 15 is 0 Å². The molecule has 0 unspecified atom stereocenters. The Morgan fingerprint density at radius 3 is 1.62 bits per heavy atom. The van der Waals surface area contributed by atoms with Crippen LogP contribution in [0.3, 0.4) is 0 Å². The van der Waals surface area contributed by atoms with E-state index in [1.807, 2.05) is 54.6 Å². The van der Waals surface area contributed by atoms with Crippen molar-refractivity contribution in [1.82, 2.24) is 14.9 Å². The lowest BCUT2D eigenvalue weighted by Gasteiger charge is -2.30. The fourth-order valence-electron chi connectivity index (χ4n) is 4.19. The Balaban J connectivity index is 1.50. The van der Waals surface area contributed by atoms with E-state index in [2.05, 4.69) is 53.4 Å². The van der Waals surface area contributed by atoms with Gasteiger partial charge >= 0.3 is 0 Å². The van der Waals surface area contributed by atoms with Crippen molar-refractivity contribution in [2.75, 3.05) is 6.61 Å². The number of pyridine rings is 2. The maximum Gasteiger partial charge on any atom is 0.0705 e. The highest BCUT2D eigenvalue weighted by Crippen LogP contribution is 2.25. The molecule has 4 nitrogen and oxygen atoms in total. The van der Waals surface area contributed by atoms with Crippen LogP contribution in [0, 0.1) is 0 Å². The van der Waals surface area contributed by atoms with Crippen LogP contribution in [0.1, 0.15) is 23.0 Å². The van der Waals surface area contributed by atoms with Gasteiger partial charge in [-0.2, -0.15) is 0 Å². The third-order valence-corrected chi connectivity index (χ3v) is 5.84. The Kier molecular flexibility index (Phi) is 5.88. The van der Waals surface area contributed by atoms with Crippen LogP contribution in [0.15, 0.2) is 103 Å². The van der Waals surface area contributed by atoms with Gasteiger partial charge in [-0.05, 0) is 29.8 Å². The van der Waals surface area contributed by atoms with E-state index in [0.29, 0.717) is 13.1 Å². The third kappa shape index (κ3) is 4.37. The van der Waals surface area contributed by atoms with Gasteiger partial charge in [0, 0.05) is 23.9 Å². The minimum absolute atomic E-state index is 0.0190. The molecular formula is C28H25N3O. The Bertz CT molecular complexity index is 1260. The number of aromatic nitrogens is 2. The molecule has 0 saturated carbocycles. The summed E-state index contributed by atoms with van der Waals surface area (Å²) in [5.74, 6) is 0. The maximum atomic E-state index is 10.4. The number of benzene rings is 3. The number of fused-ring (bicyclic) bond motifs is 2. The van der Waals surface area contributed by atoms with Crippen LogP contribution in [0.4, 0.5) is 0 Å². The smallest absolute Gasteiger partial charge is 0.0705 e. The van der Waals surface area contributed by atoms with Crippen molar-refractivity contribution in [2.24, 2.45) is 0 Å². The van der Waals surface area contributed by atoms with Gasteiger partial charge in [-0.15, -0.1) is 0 Å². The molecule has 0 aliphatic heterocycles. The molecule has 5 rings (SSSR count). The second-order valence-electron chi connectivity index (χ2n) is 8.00. The predicted octanol–water partition coefficient (Wildman–Crippen LogP) is 5.52. The summed E-state index contributed by atoms with van der Waals surface area (Å²) in [6.45, 7) is 1.24. The van der Waals surface area contributed by atoms with E-state index in [0.717, 1.165) is 38.8 Å². The van der Waals surface area contributed by atoms with Crippen LogP contribution in [0.5, 0.6) is 0 Å². The molecule has 4 heteroatoms. The Morgan fingerprint density at radius 1 is 0.594 bits per heavy atom. The number of rotatable bonds is 7. The Morgan fingerprint density at radius 2 is 1.09 bits per heavy atom. The van der Waals surface area contributed by atoms with Gasteiger partial charge in [0.1, 0.15) is 0 Å². The molecule has 0 aliphatic rings. The van der Waals surface area contributed by atoms with Crippen molar-refractivity contribution >= 4 is 21.8 Å². The number of hydrogen-bond donors (Lipinski definition) is 1. The first-order chi connectivity index (χ1) is 15.8. The minimum atomic E-state index is -0.155. The SMILES string of the molecule is OC[C@H](c1ccccc1)N(Cc1ccc2ccccc2n1)Cc1ccc2ccccc2n1. The first kappa shape index (κ1) is 20.3. The molecule has 1 atom stereocenters. The second kappa shape index (κ2) is 9.27. The summed E-state index contributed by atoms with van der Waals surface area (Å²) in [5, 5.41) is 12.6. The van der Waals surface area contributed by atoms with Crippen LogP contribution < -0.4 is 0 Å². The molecule has 0 saturated heterocycles. The number of aliphatic hydroxyl groups excluding tert-OH is 1. The summed E-state index contributed by atoms with van der Waals surface area (Å²) in [6.07, 6.45) is 0. The van der Waals surface area contributed by atoms with Gasteiger partial charge in [0.15, 0.2) is 0 Å². The van der Waals surface area contributed by atoms with Crippen molar-refractivity contribution in [3.63, 3.8) is 0 Å². The highest BCUT2D eigenvalue weighted by Gasteiger charge is 2.21. The number of hydrogen-bond acceptors (Lipinski definition) is 4. The first-order valence-corrected chi connectivity index (χ1v) is 10.9. The highest BCUT2D eigenvalue weighted by atomic mass is 16.3. The molecule has 1 N–H and O–H groups in total. The molecule has 5 aromatic rings. The van der Waals surface area contributed by atoms with Gasteiger partial charge in [-0.3, -0.25) is 14.9 Å². The molecule has 3 aromatic carbocycles.